The fourth-order valence-corrected chi connectivity index (χ4v) is 4.19. The fourth-order valence-electron chi connectivity index (χ4n) is 4.19. The molecule has 2 unspecified atom stereocenters. The van der Waals surface area contributed by atoms with Crippen LogP contribution in [0.2, 0.25) is 0 Å². The topological polar surface area (TPSA) is 97.3 Å². The maximum absolute atomic E-state index is 13.6. The van der Waals surface area contributed by atoms with Crippen LogP contribution < -0.4 is 20.7 Å². The van der Waals surface area contributed by atoms with E-state index in [0.29, 0.717) is 23.7 Å². The average Bonchev–Trinajstić information content (AvgIpc) is 3.11. The van der Waals surface area contributed by atoms with Gasteiger partial charge in [-0.25, -0.2) is 4.68 Å². The van der Waals surface area contributed by atoms with Crippen LogP contribution in [0.4, 0.5) is 5.82 Å². The first-order chi connectivity index (χ1) is 15.0. The Morgan fingerprint density at radius 1 is 1.13 bits per heavy atom. The van der Waals surface area contributed by atoms with Gasteiger partial charge in [0.1, 0.15) is 17.3 Å². The van der Waals surface area contributed by atoms with Gasteiger partial charge >= 0.3 is 0 Å². The number of benzene rings is 2. The highest BCUT2D eigenvalue weighted by atomic mass is 16.5. The van der Waals surface area contributed by atoms with Gasteiger partial charge in [-0.05, 0) is 26.0 Å². The summed E-state index contributed by atoms with van der Waals surface area (Å²) in [6, 6.07) is 16.9. The van der Waals surface area contributed by atoms with Crippen LogP contribution in [0, 0.1) is 6.92 Å². The second-order valence-electron chi connectivity index (χ2n) is 7.96. The zero-order valence-electron chi connectivity index (χ0n) is 17.3. The number of ether oxygens (including phenoxy) is 1. The Hall–Kier alpha value is -3.65. The summed E-state index contributed by atoms with van der Waals surface area (Å²) in [4.78, 5) is 25.6. The lowest BCUT2D eigenvalue weighted by Gasteiger charge is -2.31. The zero-order chi connectivity index (χ0) is 21.5. The molecule has 0 radical (unpaired) electrons. The molecule has 2 amide bonds. The minimum atomic E-state index is -0.533. The Kier molecular flexibility index (Phi) is 4.71. The van der Waals surface area contributed by atoms with E-state index >= 15 is 0 Å². The molecule has 2 aromatic carbocycles. The van der Waals surface area contributed by atoms with Crippen LogP contribution in [-0.2, 0) is 9.59 Å². The van der Waals surface area contributed by atoms with Crippen LogP contribution in [-0.4, -0.2) is 27.6 Å². The van der Waals surface area contributed by atoms with Gasteiger partial charge in [0.15, 0.2) is 6.29 Å². The molecule has 3 heterocycles. The Balaban J connectivity index is 1.49. The van der Waals surface area contributed by atoms with Gasteiger partial charge < -0.3 is 15.4 Å². The number of para-hydroxylation sites is 2. The molecule has 1 saturated heterocycles. The molecule has 0 aliphatic carbocycles. The van der Waals surface area contributed by atoms with Crippen molar-refractivity contribution in [2.45, 2.75) is 38.5 Å². The van der Waals surface area contributed by atoms with Gasteiger partial charge in [-0.3, -0.25) is 14.9 Å². The van der Waals surface area contributed by atoms with Crippen molar-refractivity contribution in [1.29, 1.82) is 0 Å². The van der Waals surface area contributed by atoms with Gasteiger partial charge in [-0.1, -0.05) is 36.4 Å². The first kappa shape index (κ1) is 19.3. The summed E-state index contributed by atoms with van der Waals surface area (Å²) in [7, 11) is 0. The number of rotatable bonds is 3. The number of aromatic nitrogens is 2. The smallest absolute Gasteiger partial charge is 0.237 e. The number of nitrogens with zero attached hydrogens (tertiary/aromatic N) is 2. The van der Waals surface area contributed by atoms with E-state index < -0.39 is 12.2 Å². The van der Waals surface area contributed by atoms with Crippen molar-refractivity contribution >= 4 is 17.6 Å². The maximum Gasteiger partial charge on any atom is 0.237 e. The summed E-state index contributed by atoms with van der Waals surface area (Å²) in [6.45, 7) is 3.79. The Morgan fingerprint density at radius 3 is 2.42 bits per heavy atom. The number of aryl methyl sites for hydroxylation is 1. The number of hydrogen-bond donors (Lipinski definition) is 3. The molecule has 3 aromatic rings. The van der Waals surface area contributed by atoms with Crippen LogP contribution in [0.15, 0.2) is 54.6 Å². The fraction of sp³-hybridized carbons (Fsp3) is 0.261. The molecule has 5 rings (SSSR count). The molecule has 2 aliphatic heterocycles. The highest BCUT2D eigenvalue weighted by Crippen LogP contribution is 2.44. The highest BCUT2D eigenvalue weighted by molar-refractivity contribution is 5.99. The van der Waals surface area contributed by atoms with Crippen molar-refractivity contribution in [3.63, 3.8) is 0 Å². The molecule has 3 N–H and O–H groups in total. The average molecular weight is 417 g/mol. The molecule has 0 saturated carbocycles. The van der Waals surface area contributed by atoms with Gasteiger partial charge in [-0.15, -0.1) is 0 Å². The molecule has 1 aromatic heterocycles. The lowest BCUT2D eigenvalue weighted by molar-refractivity contribution is -0.125. The third-order valence-electron chi connectivity index (χ3n) is 5.53. The standard InChI is InChI=1S/C23H23N5O3/c1-13-12-20(29)26-23(24-13)28-19(11-14(2)27-28)25-22(30)21-15-7-3-5-9-17(15)31-18-10-6-4-8-16(18)21/h3-11,13,21,23-24H,12H2,1-2H3,(H,25,30)(H,26,29). The molecule has 8 nitrogen and oxygen atoms in total. The lowest BCUT2D eigenvalue weighted by Crippen LogP contribution is -2.52. The third kappa shape index (κ3) is 3.55. The predicted octanol–water partition coefficient (Wildman–Crippen LogP) is 3.02. The van der Waals surface area contributed by atoms with Crippen molar-refractivity contribution in [1.82, 2.24) is 20.4 Å². The minimum absolute atomic E-state index is 0.000977. The molecule has 0 spiro atoms. The van der Waals surface area contributed by atoms with Crippen molar-refractivity contribution in [3.05, 3.63) is 71.4 Å². The first-order valence-electron chi connectivity index (χ1n) is 10.3. The van der Waals surface area contributed by atoms with Crippen molar-refractivity contribution in [2.24, 2.45) is 0 Å². The third-order valence-corrected chi connectivity index (χ3v) is 5.53. The van der Waals surface area contributed by atoms with E-state index in [-0.39, 0.29) is 17.9 Å². The monoisotopic (exact) mass is 417 g/mol. The van der Waals surface area contributed by atoms with Crippen LogP contribution in [0.25, 0.3) is 0 Å². The minimum Gasteiger partial charge on any atom is -0.457 e. The summed E-state index contributed by atoms with van der Waals surface area (Å²) in [5, 5.41) is 13.7. The normalized spacial score (nSPS) is 20.3. The molecule has 8 heteroatoms. The van der Waals surface area contributed by atoms with Crippen LogP contribution in [0.5, 0.6) is 11.5 Å². The number of amides is 2. The summed E-state index contributed by atoms with van der Waals surface area (Å²) < 4.78 is 7.61. The van der Waals surface area contributed by atoms with Crippen molar-refractivity contribution < 1.29 is 14.3 Å². The Bertz CT molecular complexity index is 1130. The van der Waals surface area contributed by atoms with Gasteiger partial charge in [0, 0.05) is 29.7 Å². The van der Waals surface area contributed by atoms with E-state index in [1.165, 1.54) is 0 Å². The second kappa shape index (κ2) is 7.55. The molecule has 158 valence electrons. The molecule has 2 atom stereocenters. The van der Waals surface area contributed by atoms with Gasteiger partial charge in [0.25, 0.3) is 0 Å². The Morgan fingerprint density at radius 2 is 1.77 bits per heavy atom. The van der Waals surface area contributed by atoms with E-state index in [2.05, 4.69) is 21.0 Å². The van der Waals surface area contributed by atoms with Crippen molar-refractivity contribution in [3.8, 4) is 11.5 Å². The van der Waals surface area contributed by atoms with E-state index in [1.807, 2.05) is 62.4 Å². The van der Waals surface area contributed by atoms with Gasteiger partial charge in [-0.2, -0.15) is 5.10 Å². The molecular weight excluding hydrogens is 394 g/mol. The number of carbonyl (C=O) groups excluding carboxylic acids is 2. The quantitative estimate of drug-likeness (QED) is 0.609. The van der Waals surface area contributed by atoms with Gasteiger partial charge in [0.2, 0.25) is 11.8 Å². The van der Waals surface area contributed by atoms with Crippen LogP contribution in [0.1, 0.15) is 42.4 Å². The second-order valence-corrected chi connectivity index (χ2v) is 7.96. The number of hydrogen-bond acceptors (Lipinski definition) is 5. The summed E-state index contributed by atoms with van der Waals surface area (Å²) >= 11 is 0. The van der Waals surface area contributed by atoms with E-state index in [9.17, 15) is 9.59 Å². The summed E-state index contributed by atoms with van der Waals surface area (Å²) in [6.07, 6.45) is -0.136. The van der Waals surface area contributed by atoms with Crippen molar-refractivity contribution in [2.75, 3.05) is 5.32 Å². The highest BCUT2D eigenvalue weighted by Gasteiger charge is 2.34. The maximum atomic E-state index is 13.6. The molecule has 31 heavy (non-hydrogen) atoms. The zero-order valence-corrected chi connectivity index (χ0v) is 17.3. The predicted molar refractivity (Wildman–Crippen MR) is 115 cm³/mol. The van der Waals surface area contributed by atoms with E-state index in [1.54, 1.807) is 10.7 Å². The van der Waals surface area contributed by atoms with E-state index in [4.69, 9.17) is 4.74 Å². The largest absolute Gasteiger partial charge is 0.457 e. The van der Waals surface area contributed by atoms with Gasteiger partial charge in [0.05, 0.1) is 11.6 Å². The number of fused-ring (bicyclic) bond motifs is 2. The van der Waals surface area contributed by atoms with E-state index in [0.717, 1.165) is 16.8 Å². The molecular formula is C23H23N5O3. The van der Waals surface area contributed by atoms with Crippen LogP contribution in [0.3, 0.4) is 0 Å². The summed E-state index contributed by atoms with van der Waals surface area (Å²) in [5.41, 5.74) is 2.34. The lowest BCUT2D eigenvalue weighted by atomic mass is 9.87. The SMILES string of the molecule is Cc1cc(NC(=O)C2c3ccccc3Oc3ccccc32)n(C2NC(=O)CC(C)N2)n1. The molecule has 2 aliphatic rings. The number of carbonyl (C=O) groups is 2. The summed E-state index contributed by atoms with van der Waals surface area (Å²) in [5.74, 6) is 1.06. The number of anilines is 1. The number of nitrogens with one attached hydrogen (secondary N) is 3. The first-order valence-corrected chi connectivity index (χ1v) is 10.3. The molecule has 1 fully saturated rings. The molecule has 0 bridgehead atoms. The van der Waals surface area contributed by atoms with Crippen LogP contribution >= 0.6 is 0 Å². The Labute approximate surface area is 179 Å².